The van der Waals surface area contributed by atoms with Crippen molar-refractivity contribution in [3.63, 3.8) is 0 Å². The van der Waals surface area contributed by atoms with E-state index >= 15 is 0 Å². The van der Waals surface area contributed by atoms with E-state index in [-0.39, 0.29) is 16.9 Å². The van der Waals surface area contributed by atoms with Gasteiger partial charge in [0.05, 0.1) is 10.9 Å². The first-order valence-corrected chi connectivity index (χ1v) is 9.95. The van der Waals surface area contributed by atoms with Crippen LogP contribution >= 0.6 is 23.1 Å². The first kappa shape index (κ1) is 19.1. The van der Waals surface area contributed by atoms with Crippen molar-refractivity contribution in [2.45, 2.75) is 23.4 Å². The highest BCUT2D eigenvalue weighted by Gasteiger charge is 2.19. The fourth-order valence-electron chi connectivity index (χ4n) is 2.29. The SMILES string of the molecule is CC(=O)c1ccccc1NC(=O)C(C)Sc1nnc(Nc2ccccc2)s1. The van der Waals surface area contributed by atoms with Crippen molar-refractivity contribution in [1.29, 1.82) is 0 Å². The maximum Gasteiger partial charge on any atom is 0.237 e. The molecule has 3 rings (SSSR count). The van der Waals surface area contributed by atoms with Gasteiger partial charge in [-0.3, -0.25) is 9.59 Å². The lowest BCUT2D eigenvalue weighted by Gasteiger charge is -2.12. The summed E-state index contributed by atoms with van der Waals surface area (Å²) in [6.07, 6.45) is 0. The number of hydrogen-bond donors (Lipinski definition) is 2. The van der Waals surface area contributed by atoms with Crippen molar-refractivity contribution < 1.29 is 9.59 Å². The molecule has 2 aromatic carbocycles. The lowest BCUT2D eigenvalue weighted by atomic mass is 10.1. The van der Waals surface area contributed by atoms with E-state index in [1.807, 2.05) is 30.3 Å². The van der Waals surface area contributed by atoms with E-state index in [0.29, 0.717) is 20.7 Å². The number of carbonyl (C=O) groups is 2. The molecule has 1 aromatic heterocycles. The number of nitrogens with one attached hydrogen (secondary N) is 2. The van der Waals surface area contributed by atoms with Crippen LogP contribution in [0.3, 0.4) is 0 Å². The fourth-order valence-corrected chi connectivity index (χ4v) is 4.21. The molecule has 0 aliphatic heterocycles. The van der Waals surface area contributed by atoms with Gasteiger partial charge in [-0.25, -0.2) is 0 Å². The van der Waals surface area contributed by atoms with E-state index in [9.17, 15) is 9.59 Å². The molecule has 1 heterocycles. The van der Waals surface area contributed by atoms with E-state index in [4.69, 9.17) is 0 Å². The molecule has 3 aromatic rings. The first-order chi connectivity index (χ1) is 13.0. The maximum atomic E-state index is 12.5. The second-order valence-electron chi connectivity index (χ2n) is 5.72. The van der Waals surface area contributed by atoms with E-state index < -0.39 is 0 Å². The molecular formula is C19H18N4O2S2. The highest BCUT2D eigenvalue weighted by Crippen LogP contribution is 2.31. The number of thioether (sulfide) groups is 1. The number of nitrogens with zero attached hydrogens (tertiary/aromatic N) is 2. The number of rotatable bonds is 7. The molecule has 0 fully saturated rings. The van der Waals surface area contributed by atoms with Gasteiger partial charge in [-0.1, -0.05) is 53.4 Å². The molecule has 1 amide bonds. The van der Waals surface area contributed by atoms with Crippen LogP contribution < -0.4 is 10.6 Å². The van der Waals surface area contributed by atoms with Gasteiger partial charge in [0.2, 0.25) is 11.0 Å². The molecule has 1 atom stereocenters. The summed E-state index contributed by atoms with van der Waals surface area (Å²) in [6.45, 7) is 3.27. The zero-order chi connectivity index (χ0) is 19.2. The van der Waals surface area contributed by atoms with Crippen molar-refractivity contribution in [2.24, 2.45) is 0 Å². The number of amides is 1. The van der Waals surface area contributed by atoms with E-state index in [0.717, 1.165) is 5.69 Å². The predicted molar refractivity (Wildman–Crippen MR) is 110 cm³/mol. The second kappa shape index (κ2) is 8.79. The Balaban J connectivity index is 1.61. The normalized spacial score (nSPS) is 11.6. The van der Waals surface area contributed by atoms with Crippen molar-refractivity contribution in [3.8, 4) is 0 Å². The van der Waals surface area contributed by atoms with Gasteiger partial charge in [-0.05, 0) is 38.1 Å². The van der Waals surface area contributed by atoms with Crippen LogP contribution in [0.1, 0.15) is 24.2 Å². The quantitative estimate of drug-likeness (QED) is 0.447. The third-order valence-electron chi connectivity index (χ3n) is 3.64. The average molecular weight is 399 g/mol. The van der Waals surface area contributed by atoms with Gasteiger partial charge < -0.3 is 10.6 Å². The maximum absolute atomic E-state index is 12.5. The predicted octanol–water partition coefficient (Wildman–Crippen LogP) is 4.60. The molecule has 27 heavy (non-hydrogen) atoms. The summed E-state index contributed by atoms with van der Waals surface area (Å²) < 4.78 is 0.691. The molecule has 2 N–H and O–H groups in total. The van der Waals surface area contributed by atoms with Crippen LogP contribution in [0, 0.1) is 0 Å². The molecule has 0 bridgehead atoms. The van der Waals surface area contributed by atoms with Crippen LogP contribution in [0.25, 0.3) is 0 Å². The Labute approximate surface area is 165 Å². The van der Waals surface area contributed by atoms with Gasteiger partial charge in [-0.2, -0.15) is 0 Å². The fraction of sp³-hybridized carbons (Fsp3) is 0.158. The zero-order valence-electron chi connectivity index (χ0n) is 14.8. The summed E-state index contributed by atoms with van der Waals surface area (Å²) in [5, 5.41) is 14.5. The molecule has 8 heteroatoms. The second-order valence-corrected chi connectivity index (χ2v) is 8.28. The zero-order valence-corrected chi connectivity index (χ0v) is 16.4. The number of carbonyl (C=O) groups excluding carboxylic acids is 2. The number of Topliss-reactive ketones (excluding diaryl/α,β-unsaturated/α-hetero) is 1. The average Bonchev–Trinajstić information content (AvgIpc) is 3.09. The standard InChI is InChI=1S/C19H18N4O2S2/c1-12(24)15-10-6-7-11-16(15)21-17(25)13(2)26-19-23-22-18(27-19)20-14-8-4-3-5-9-14/h3-11,13H,1-2H3,(H,20,22)(H,21,25). The minimum Gasteiger partial charge on any atom is -0.330 e. The molecule has 1 unspecified atom stereocenters. The molecule has 0 aliphatic carbocycles. The lowest BCUT2D eigenvalue weighted by Crippen LogP contribution is -2.23. The molecular weight excluding hydrogens is 380 g/mol. The number of anilines is 3. The Morgan fingerprint density at radius 1 is 1.04 bits per heavy atom. The highest BCUT2D eigenvalue weighted by molar-refractivity contribution is 8.02. The van der Waals surface area contributed by atoms with Gasteiger partial charge in [-0.15, -0.1) is 10.2 Å². The highest BCUT2D eigenvalue weighted by atomic mass is 32.2. The Hall–Kier alpha value is -2.71. The number of hydrogen-bond acceptors (Lipinski definition) is 7. The van der Waals surface area contributed by atoms with Crippen LogP contribution in [0.4, 0.5) is 16.5 Å². The van der Waals surface area contributed by atoms with Gasteiger partial charge >= 0.3 is 0 Å². The van der Waals surface area contributed by atoms with Crippen LogP contribution in [0.15, 0.2) is 58.9 Å². The number of para-hydroxylation sites is 2. The summed E-state index contributed by atoms with van der Waals surface area (Å²) in [4.78, 5) is 24.2. The third kappa shape index (κ3) is 5.15. The van der Waals surface area contributed by atoms with E-state index in [1.54, 1.807) is 31.2 Å². The Morgan fingerprint density at radius 2 is 1.74 bits per heavy atom. The number of aromatic nitrogens is 2. The summed E-state index contributed by atoms with van der Waals surface area (Å²) in [6, 6.07) is 16.7. The van der Waals surface area contributed by atoms with Gasteiger partial charge in [0, 0.05) is 11.3 Å². The molecule has 0 saturated carbocycles. The lowest BCUT2D eigenvalue weighted by molar-refractivity contribution is -0.115. The summed E-state index contributed by atoms with van der Waals surface area (Å²) in [5.74, 6) is -0.284. The van der Waals surface area contributed by atoms with Crippen LogP contribution in [-0.4, -0.2) is 27.1 Å². The topological polar surface area (TPSA) is 84.0 Å². The third-order valence-corrected chi connectivity index (χ3v) is 5.67. The monoisotopic (exact) mass is 398 g/mol. The Bertz CT molecular complexity index is 944. The molecule has 0 radical (unpaired) electrons. The molecule has 0 spiro atoms. The molecule has 6 nitrogen and oxygen atoms in total. The van der Waals surface area contributed by atoms with Crippen molar-refractivity contribution in [2.75, 3.05) is 10.6 Å². The van der Waals surface area contributed by atoms with Gasteiger partial charge in [0.1, 0.15) is 0 Å². The van der Waals surface area contributed by atoms with E-state index in [2.05, 4.69) is 20.8 Å². The largest absolute Gasteiger partial charge is 0.330 e. The minimum atomic E-state index is -0.387. The first-order valence-electron chi connectivity index (χ1n) is 8.26. The van der Waals surface area contributed by atoms with Crippen LogP contribution in [0.5, 0.6) is 0 Å². The van der Waals surface area contributed by atoms with Gasteiger partial charge in [0.15, 0.2) is 10.1 Å². The molecule has 0 aliphatic rings. The Kier molecular flexibility index (Phi) is 6.20. The number of ketones is 1. The molecule has 0 saturated heterocycles. The summed E-state index contributed by atoms with van der Waals surface area (Å²) >= 11 is 2.71. The van der Waals surface area contributed by atoms with E-state index in [1.165, 1.54) is 30.0 Å². The van der Waals surface area contributed by atoms with Crippen LogP contribution in [0.2, 0.25) is 0 Å². The van der Waals surface area contributed by atoms with Crippen molar-refractivity contribution in [1.82, 2.24) is 10.2 Å². The van der Waals surface area contributed by atoms with Crippen LogP contribution in [-0.2, 0) is 4.79 Å². The number of benzene rings is 2. The van der Waals surface area contributed by atoms with Gasteiger partial charge in [0.25, 0.3) is 0 Å². The van der Waals surface area contributed by atoms with Crippen molar-refractivity contribution >= 4 is 51.3 Å². The molecule has 138 valence electrons. The summed E-state index contributed by atoms with van der Waals surface area (Å²) in [5.41, 5.74) is 1.94. The minimum absolute atomic E-state index is 0.0908. The Morgan fingerprint density at radius 3 is 2.48 bits per heavy atom. The summed E-state index contributed by atoms with van der Waals surface area (Å²) in [7, 11) is 0. The smallest absolute Gasteiger partial charge is 0.237 e. The van der Waals surface area contributed by atoms with Crippen molar-refractivity contribution in [3.05, 3.63) is 60.2 Å².